The highest BCUT2D eigenvalue weighted by Crippen LogP contribution is 2.38. The van der Waals surface area contributed by atoms with Gasteiger partial charge < -0.3 is 23.7 Å². The van der Waals surface area contributed by atoms with E-state index in [1.807, 2.05) is 30.3 Å². The molecule has 0 saturated carbocycles. The third kappa shape index (κ3) is 5.24. The van der Waals surface area contributed by atoms with Crippen molar-refractivity contribution in [3.63, 3.8) is 0 Å². The summed E-state index contributed by atoms with van der Waals surface area (Å²) < 4.78 is 40.9. The molecule has 1 aromatic rings. The van der Waals surface area contributed by atoms with E-state index in [1.165, 1.54) is 20.8 Å². The zero-order valence-corrected chi connectivity index (χ0v) is 17.7. The number of ether oxygens (including phenoxy) is 5. The first kappa shape index (κ1) is 22.4. The summed E-state index contributed by atoms with van der Waals surface area (Å²) in [5, 5.41) is 0. The van der Waals surface area contributed by atoms with E-state index < -0.39 is 64.7 Å². The van der Waals surface area contributed by atoms with Crippen molar-refractivity contribution in [2.45, 2.75) is 56.7 Å². The molecule has 0 aliphatic carbocycles. The molecule has 2 fully saturated rings. The molecule has 10 heteroatoms. The number of rotatable bonds is 5. The highest BCUT2D eigenvalue weighted by atomic mass is 32.2. The second-order valence-electron chi connectivity index (χ2n) is 7.04. The third-order valence-corrected chi connectivity index (χ3v) is 6.24. The molecule has 0 radical (unpaired) electrons. The first-order valence-electron chi connectivity index (χ1n) is 9.47. The van der Waals surface area contributed by atoms with E-state index in [2.05, 4.69) is 0 Å². The maximum Gasteiger partial charge on any atom is 0.303 e. The molecule has 0 amide bonds. The van der Waals surface area contributed by atoms with Crippen LogP contribution in [0.3, 0.4) is 0 Å². The van der Waals surface area contributed by atoms with Crippen LogP contribution in [0.1, 0.15) is 32.4 Å². The van der Waals surface area contributed by atoms with Gasteiger partial charge in [0, 0.05) is 20.8 Å². The molecule has 1 unspecified atom stereocenters. The first-order valence-corrected chi connectivity index (χ1v) is 10.8. The smallest absolute Gasteiger partial charge is 0.303 e. The summed E-state index contributed by atoms with van der Waals surface area (Å²) >= 11 is 0. The fraction of sp³-hybridized carbons (Fsp3) is 0.550. The summed E-state index contributed by atoms with van der Waals surface area (Å²) in [4.78, 5) is 34.8. The van der Waals surface area contributed by atoms with Crippen molar-refractivity contribution >= 4 is 28.7 Å². The highest BCUT2D eigenvalue weighted by molar-refractivity contribution is 7.85. The van der Waals surface area contributed by atoms with E-state index in [0.29, 0.717) is 0 Å². The van der Waals surface area contributed by atoms with Crippen LogP contribution in [-0.2, 0) is 48.9 Å². The minimum Gasteiger partial charge on any atom is -0.463 e. The summed E-state index contributed by atoms with van der Waals surface area (Å²) in [5.74, 6) is -1.64. The molecule has 164 valence electrons. The molecule has 0 spiro atoms. The van der Waals surface area contributed by atoms with Gasteiger partial charge in [-0.2, -0.15) is 0 Å². The summed E-state index contributed by atoms with van der Waals surface area (Å²) in [6, 6.07) is 9.23. The molecule has 1 aromatic carbocycles. The second-order valence-corrected chi connectivity index (χ2v) is 8.60. The fourth-order valence-corrected chi connectivity index (χ4v) is 5.09. The normalized spacial score (nSPS) is 33.1. The average molecular weight is 440 g/mol. The molecule has 30 heavy (non-hydrogen) atoms. The van der Waals surface area contributed by atoms with Crippen LogP contribution in [0, 0.1) is 0 Å². The van der Waals surface area contributed by atoms with Crippen molar-refractivity contribution in [2.24, 2.45) is 0 Å². The van der Waals surface area contributed by atoms with Gasteiger partial charge in [0.2, 0.25) is 0 Å². The molecule has 0 aromatic heterocycles. The Morgan fingerprint density at radius 1 is 0.967 bits per heavy atom. The molecule has 0 N–H and O–H groups in total. The summed E-state index contributed by atoms with van der Waals surface area (Å²) in [6.07, 6.45) is -4.60. The monoisotopic (exact) mass is 440 g/mol. The van der Waals surface area contributed by atoms with Crippen LogP contribution >= 0.6 is 0 Å². The van der Waals surface area contributed by atoms with E-state index in [1.54, 1.807) is 0 Å². The number of hydrogen-bond donors (Lipinski definition) is 0. The number of fused-ring (bicyclic) bond motifs is 1. The van der Waals surface area contributed by atoms with E-state index in [4.69, 9.17) is 23.7 Å². The largest absolute Gasteiger partial charge is 0.463 e. The van der Waals surface area contributed by atoms with Gasteiger partial charge in [0.15, 0.2) is 17.6 Å². The molecule has 2 heterocycles. The summed E-state index contributed by atoms with van der Waals surface area (Å²) in [6.45, 7) is 3.38. The summed E-state index contributed by atoms with van der Waals surface area (Å²) in [5.41, 5.74) is -0.126. The van der Waals surface area contributed by atoms with Gasteiger partial charge >= 0.3 is 17.9 Å². The van der Waals surface area contributed by atoms with Crippen molar-refractivity contribution in [1.82, 2.24) is 0 Å². The van der Waals surface area contributed by atoms with Gasteiger partial charge in [-0.05, 0) is 5.56 Å². The van der Waals surface area contributed by atoms with Crippen LogP contribution in [0.25, 0.3) is 0 Å². The Morgan fingerprint density at radius 2 is 1.60 bits per heavy atom. The quantitative estimate of drug-likeness (QED) is 0.489. The minimum atomic E-state index is -1.50. The number of hydrogen-bond acceptors (Lipinski definition) is 9. The van der Waals surface area contributed by atoms with Crippen molar-refractivity contribution in [3.05, 3.63) is 35.9 Å². The lowest BCUT2D eigenvalue weighted by Crippen LogP contribution is -2.65. The predicted octanol–water partition coefficient (Wildman–Crippen LogP) is 1.03. The van der Waals surface area contributed by atoms with E-state index in [9.17, 15) is 18.6 Å². The Labute approximate surface area is 176 Å². The standard InChI is InChI=1S/C20H24O9S/c1-11(21)25-9-15-17(26-12(2)22)18(27-13(3)23)19-20(29-15)30(24)10-16(28-19)14-7-5-4-6-8-14/h4-8,15-20H,9-10H2,1-3H3/t15-,16-,17-,18+,19-,20+,30?/m1/s1. The Bertz CT molecular complexity index is 812. The van der Waals surface area contributed by atoms with Gasteiger partial charge in [0.05, 0.1) is 22.7 Å². The maximum absolute atomic E-state index is 13.0. The maximum atomic E-state index is 13.0. The Morgan fingerprint density at radius 3 is 2.20 bits per heavy atom. The second kappa shape index (κ2) is 9.67. The molecule has 9 nitrogen and oxygen atoms in total. The van der Waals surface area contributed by atoms with Crippen molar-refractivity contribution in [3.8, 4) is 0 Å². The van der Waals surface area contributed by atoms with Crippen LogP contribution in [0.2, 0.25) is 0 Å². The van der Waals surface area contributed by atoms with Crippen LogP contribution < -0.4 is 0 Å². The molecule has 0 bridgehead atoms. The lowest BCUT2D eigenvalue weighted by molar-refractivity contribution is -0.250. The predicted molar refractivity (Wildman–Crippen MR) is 103 cm³/mol. The number of benzene rings is 1. The first-order chi connectivity index (χ1) is 14.3. The van der Waals surface area contributed by atoms with E-state index in [0.717, 1.165) is 5.56 Å². The van der Waals surface area contributed by atoms with Crippen molar-refractivity contribution in [2.75, 3.05) is 12.4 Å². The molecular formula is C20H24O9S. The lowest BCUT2D eigenvalue weighted by atomic mass is 9.98. The molecular weight excluding hydrogens is 416 g/mol. The van der Waals surface area contributed by atoms with Crippen LogP contribution in [0.15, 0.2) is 30.3 Å². The Hall–Kier alpha value is -2.30. The summed E-state index contributed by atoms with van der Waals surface area (Å²) in [7, 11) is -1.50. The number of carbonyl (C=O) groups excluding carboxylic acids is 3. The van der Waals surface area contributed by atoms with Gasteiger partial charge in [-0.25, -0.2) is 0 Å². The van der Waals surface area contributed by atoms with E-state index >= 15 is 0 Å². The minimum absolute atomic E-state index is 0.177. The number of esters is 3. The van der Waals surface area contributed by atoms with Crippen LogP contribution in [0.5, 0.6) is 0 Å². The van der Waals surface area contributed by atoms with Gasteiger partial charge in [0.1, 0.15) is 18.8 Å². The Kier molecular flexibility index (Phi) is 7.22. The van der Waals surface area contributed by atoms with Gasteiger partial charge in [-0.3, -0.25) is 18.6 Å². The average Bonchev–Trinajstić information content (AvgIpc) is 2.68. The van der Waals surface area contributed by atoms with Gasteiger partial charge in [0.25, 0.3) is 0 Å². The molecule has 2 aliphatic heterocycles. The molecule has 7 atom stereocenters. The zero-order chi connectivity index (χ0) is 21.8. The third-order valence-electron chi connectivity index (χ3n) is 4.71. The molecule has 2 saturated heterocycles. The highest BCUT2D eigenvalue weighted by Gasteiger charge is 2.55. The number of carbonyl (C=O) groups is 3. The molecule has 3 rings (SSSR count). The topological polar surface area (TPSA) is 114 Å². The van der Waals surface area contributed by atoms with E-state index in [-0.39, 0.29) is 12.4 Å². The Balaban J connectivity index is 1.92. The van der Waals surface area contributed by atoms with Gasteiger partial charge in [-0.1, -0.05) is 30.3 Å². The van der Waals surface area contributed by atoms with Crippen LogP contribution in [-0.4, -0.2) is 64.3 Å². The van der Waals surface area contributed by atoms with Gasteiger partial charge in [-0.15, -0.1) is 0 Å². The lowest BCUT2D eigenvalue weighted by Gasteiger charge is -2.47. The zero-order valence-electron chi connectivity index (χ0n) is 16.8. The van der Waals surface area contributed by atoms with Crippen molar-refractivity contribution < 1.29 is 42.3 Å². The fourth-order valence-electron chi connectivity index (χ4n) is 3.54. The SMILES string of the molecule is CC(=O)OC[C@H]1O[C@@H]2[C@H](O[C@@H](c3ccccc3)CS2=O)[C@@H](OC(C)=O)[C@@H]1OC(C)=O. The van der Waals surface area contributed by atoms with Crippen LogP contribution in [0.4, 0.5) is 0 Å². The van der Waals surface area contributed by atoms with Crippen molar-refractivity contribution in [1.29, 1.82) is 0 Å². The molecule has 2 aliphatic rings.